The molecule has 0 bridgehead atoms. The summed E-state index contributed by atoms with van der Waals surface area (Å²) in [5.74, 6) is 0.264. The number of hydrogen-bond acceptors (Lipinski definition) is 2. The van der Waals surface area contributed by atoms with Gasteiger partial charge in [-0.1, -0.05) is 36.4 Å². The molecule has 23 heavy (non-hydrogen) atoms. The second-order valence-corrected chi connectivity index (χ2v) is 5.86. The molecule has 118 valence electrons. The van der Waals surface area contributed by atoms with Gasteiger partial charge in [0.2, 0.25) is 0 Å². The summed E-state index contributed by atoms with van der Waals surface area (Å²) < 4.78 is 0. The fourth-order valence-corrected chi connectivity index (χ4v) is 2.57. The van der Waals surface area contributed by atoms with Crippen LogP contribution in [0.5, 0.6) is 0 Å². The van der Waals surface area contributed by atoms with Gasteiger partial charge in [0.15, 0.2) is 0 Å². The van der Waals surface area contributed by atoms with Crippen molar-refractivity contribution in [2.45, 2.75) is 18.9 Å². The maximum absolute atomic E-state index is 12.3. The highest BCUT2D eigenvalue weighted by atomic mass is 16.2. The molecule has 2 N–H and O–H groups in total. The van der Waals surface area contributed by atoms with Crippen molar-refractivity contribution in [3.05, 3.63) is 71.8 Å². The Morgan fingerprint density at radius 1 is 0.870 bits per heavy atom. The summed E-state index contributed by atoms with van der Waals surface area (Å²) >= 11 is 0. The molecule has 1 fully saturated rings. The lowest BCUT2D eigenvalue weighted by Crippen LogP contribution is -2.45. The van der Waals surface area contributed by atoms with E-state index in [1.165, 1.54) is 0 Å². The summed E-state index contributed by atoms with van der Waals surface area (Å²) in [4.78, 5) is 24.4. The Bertz CT molecular complexity index is 666. The zero-order valence-electron chi connectivity index (χ0n) is 12.9. The number of amides is 2. The lowest BCUT2D eigenvalue weighted by molar-refractivity contribution is 0.0903. The first kappa shape index (κ1) is 15.3. The van der Waals surface area contributed by atoms with Gasteiger partial charge in [0, 0.05) is 23.7 Å². The second-order valence-electron chi connectivity index (χ2n) is 5.86. The summed E-state index contributed by atoms with van der Waals surface area (Å²) in [6, 6.07) is 18.3. The summed E-state index contributed by atoms with van der Waals surface area (Å²) in [5.41, 5.74) is 1.28. The Morgan fingerprint density at radius 3 is 1.91 bits per heavy atom. The second kappa shape index (κ2) is 7.09. The molecule has 1 atom stereocenters. The van der Waals surface area contributed by atoms with Crippen molar-refractivity contribution < 1.29 is 9.59 Å². The lowest BCUT2D eigenvalue weighted by atomic mass is 10.1. The number of benzene rings is 2. The molecule has 4 heteroatoms. The van der Waals surface area contributed by atoms with Crippen molar-refractivity contribution in [1.82, 2.24) is 10.6 Å². The maximum Gasteiger partial charge on any atom is 0.251 e. The van der Waals surface area contributed by atoms with Gasteiger partial charge in [0.25, 0.3) is 11.8 Å². The molecule has 0 spiro atoms. The Labute approximate surface area is 135 Å². The quantitative estimate of drug-likeness (QED) is 0.862. The molecule has 0 heterocycles. The van der Waals surface area contributed by atoms with E-state index in [2.05, 4.69) is 10.6 Å². The third kappa shape index (κ3) is 4.19. The molecule has 1 unspecified atom stereocenters. The van der Waals surface area contributed by atoms with Gasteiger partial charge >= 0.3 is 0 Å². The Hall–Kier alpha value is -2.62. The first-order valence-electron chi connectivity index (χ1n) is 7.93. The van der Waals surface area contributed by atoms with Crippen LogP contribution in [0.15, 0.2) is 60.7 Å². The van der Waals surface area contributed by atoms with Crippen molar-refractivity contribution in [3.8, 4) is 0 Å². The molecular formula is C19H20N2O2. The van der Waals surface area contributed by atoms with Gasteiger partial charge in [-0.2, -0.15) is 0 Å². The minimum Gasteiger partial charge on any atom is -0.350 e. The van der Waals surface area contributed by atoms with Crippen LogP contribution in [0.3, 0.4) is 0 Å². The summed E-state index contributed by atoms with van der Waals surface area (Å²) in [5, 5.41) is 5.97. The molecule has 0 aromatic heterocycles. The van der Waals surface area contributed by atoms with Gasteiger partial charge in [-0.3, -0.25) is 9.59 Å². The monoisotopic (exact) mass is 308 g/mol. The van der Waals surface area contributed by atoms with Gasteiger partial charge in [0.05, 0.1) is 0 Å². The van der Waals surface area contributed by atoms with Crippen molar-refractivity contribution in [1.29, 1.82) is 0 Å². The van der Waals surface area contributed by atoms with Crippen LogP contribution in [0.2, 0.25) is 0 Å². The number of hydrogen-bond donors (Lipinski definition) is 2. The highest BCUT2D eigenvalue weighted by Crippen LogP contribution is 2.32. The zero-order chi connectivity index (χ0) is 16.1. The normalized spacial score (nSPS) is 14.8. The number of rotatable bonds is 6. The van der Waals surface area contributed by atoms with Crippen LogP contribution in [-0.2, 0) is 0 Å². The van der Waals surface area contributed by atoms with Gasteiger partial charge < -0.3 is 10.6 Å². The highest BCUT2D eigenvalue weighted by Gasteiger charge is 2.32. The van der Waals surface area contributed by atoms with Crippen LogP contribution < -0.4 is 10.6 Å². The molecule has 3 rings (SSSR count). The molecule has 4 nitrogen and oxygen atoms in total. The van der Waals surface area contributed by atoms with Crippen molar-refractivity contribution in [3.63, 3.8) is 0 Å². The van der Waals surface area contributed by atoms with Crippen LogP contribution in [0.4, 0.5) is 0 Å². The molecule has 1 aliphatic rings. The third-order valence-electron chi connectivity index (χ3n) is 4.06. The van der Waals surface area contributed by atoms with Crippen LogP contribution in [-0.4, -0.2) is 24.4 Å². The maximum atomic E-state index is 12.3. The predicted molar refractivity (Wildman–Crippen MR) is 89.2 cm³/mol. The first-order valence-corrected chi connectivity index (χ1v) is 7.93. The average Bonchev–Trinajstić information content (AvgIpc) is 3.44. The smallest absolute Gasteiger partial charge is 0.251 e. The number of carbonyl (C=O) groups excluding carboxylic acids is 2. The van der Waals surface area contributed by atoms with Gasteiger partial charge in [0.1, 0.15) is 0 Å². The Kier molecular flexibility index (Phi) is 4.71. The van der Waals surface area contributed by atoms with Crippen molar-refractivity contribution >= 4 is 11.8 Å². The van der Waals surface area contributed by atoms with Crippen LogP contribution >= 0.6 is 0 Å². The highest BCUT2D eigenvalue weighted by molar-refractivity contribution is 5.95. The summed E-state index contributed by atoms with van der Waals surface area (Å²) in [6.07, 6.45) is 2.20. The Balaban J connectivity index is 1.57. The van der Waals surface area contributed by atoms with Crippen molar-refractivity contribution in [2.75, 3.05) is 6.54 Å². The molecular weight excluding hydrogens is 288 g/mol. The summed E-state index contributed by atoms with van der Waals surface area (Å²) in [7, 11) is 0. The number of carbonyl (C=O) groups is 2. The van der Waals surface area contributed by atoms with E-state index in [1.54, 1.807) is 24.3 Å². The van der Waals surface area contributed by atoms with Gasteiger partial charge in [-0.25, -0.2) is 0 Å². The first-order chi connectivity index (χ1) is 11.2. The lowest BCUT2D eigenvalue weighted by Gasteiger charge is -2.19. The van der Waals surface area contributed by atoms with Crippen molar-refractivity contribution in [2.24, 2.45) is 5.92 Å². The average molecular weight is 308 g/mol. The van der Waals surface area contributed by atoms with Gasteiger partial charge in [-0.05, 0) is 43.0 Å². The molecule has 2 amide bonds. The van der Waals surface area contributed by atoms with Crippen LogP contribution in [0.1, 0.15) is 33.6 Å². The van der Waals surface area contributed by atoms with Crippen LogP contribution in [0, 0.1) is 5.92 Å². The summed E-state index contributed by atoms with van der Waals surface area (Å²) in [6.45, 7) is 0.455. The fraction of sp³-hybridized carbons (Fsp3) is 0.263. The van der Waals surface area contributed by atoms with E-state index in [0.717, 1.165) is 12.8 Å². The SMILES string of the molecule is O=C(NCC(NC(=O)c1ccccc1)C1CC1)c1ccccc1. The van der Waals surface area contributed by atoms with E-state index < -0.39 is 0 Å². The van der Waals surface area contributed by atoms with E-state index in [4.69, 9.17) is 0 Å². The minimum atomic E-state index is -0.106. The topological polar surface area (TPSA) is 58.2 Å². The van der Waals surface area contributed by atoms with E-state index in [0.29, 0.717) is 23.6 Å². The molecule has 2 aromatic carbocycles. The standard InChI is InChI=1S/C19H20N2O2/c22-18(15-7-3-1-4-8-15)20-13-17(14-11-12-14)21-19(23)16-9-5-2-6-10-16/h1-10,14,17H,11-13H2,(H,20,22)(H,21,23). The van der Waals surface area contributed by atoms with E-state index in [-0.39, 0.29) is 17.9 Å². The zero-order valence-corrected chi connectivity index (χ0v) is 12.9. The largest absolute Gasteiger partial charge is 0.350 e. The molecule has 2 aromatic rings. The number of nitrogens with one attached hydrogen (secondary N) is 2. The van der Waals surface area contributed by atoms with E-state index in [1.807, 2.05) is 36.4 Å². The third-order valence-corrected chi connectivity index (χ3v) is 4.06. The van der Waals surface area contributed by atoms with E-state index in [9.17, 15) is 9.59 Å². The molecule has 0 aliphatic heterocycles. The fourth-order valence-electron chi connectivity index (χ4n) is 2.57. The molecule has 1 aliphatic carbocycles. The van der Waals surface area contributed by atoms with Crippen LogP contribution in [0.25, 0.3) is 0 Å². The van der Waals surface area contributed by atoms with Gasteiger partial charge in [-0.15, -0.1) is 0 Å². The minimum absolute atomic E-state index is 0.0182. The predicted octanol–water partition coefficient (Wildman–Crippen LogP) is 2.63. The Morgan fingerprint density at radius 2 is 1.39 bits per heavy atom. The molecule has 0 saturated heterocycles. The van der Waals surface area contributed by atoms with E-state index >= 15 is 0 Å². The molecule has 0 radical (unpaired) electrons. The molecule has 1 saturated carbocycles.